The zero-order valence-electron chi connectivity index (χ0n) is 13.4. The lowest BCUT2D eigenvalue weighted by atomic mass is 9.70. The monoisotopic (exact) mass is 277 g/mol. The Balaban J connectivity index is 2.49. The molecule has 0 amide bonds. The molecule has 1 aliphatic heterocycles. The average Bonchev–Trinajstić information content (AvgIpc) is 2.46. The lowest BCUT2D eigenvalue weighted by Crippen LogP contribution is -2.41. The van der Waals surface area contributed by atoms with E-state index in [1.807, 2.05) is 27.7 Å². The Labute approximate surface area is 121 Å². The Kier molecular flexibility index (Phi) is 3.42. The smallest absolute Gasteiger partial charge is 0.496 e. The summed E-state index contributed by atoms with van der Waals surface area (Å²) in [6, 6.07) is 0. The molecule has 1 saturated heterocycles. The molecule has 2 rings (SSSR count). The van der Waals surface area contributed by atoms with Gasteiger partial charge in [0.25, 0.3) is 0 Å². The van der Waals surface area contributed by atoms with Gasteiger partial charge in [0.1, 0.15) is 5.75 Å². The molecule has 0 atom stereocenters. The molecule has 20 heavy (non-hydrogen) atoms. The Morgan fingerprint density at radius 2 is 1.55 bits per heavy atom. The van der Waals surface area contributed by atoms with Crippen molar-refractivity contribution >= 4 is 12.6 Å². The van der Waals surface area contributed by atoms with Gasteiger partial charge in [-0.2, -0.15) is 0 Å². The molecule has 110 valence electrons. The van der Waals surface area contributed by atoms with Gasteiger partial charge < -0.3 is 14.4 Å². The van der Waals surface area contributed by atoms with E-state index in [2.05, 4.69) is 25.8 Å². The molecule has 1 fully saturated rings. The predicted octanol–water partition coefficient (Wildman–Crippen LogP) is 2.38. The standard InChI is InChI=1S/C15H24BNO3/c1-13(2,3)12-10(8-17-9-11(12)18)16-19-14(4,5)15(6,7)20-16/h8-9,18H,1-7H3. The van der Waals surface area contributed by atoms with E-state index < -0.39 is 18.3 Å². The Hall–Kier alpha value is -1.07. The predicted molar refractivity (Wildman–Crippen MR) is 80.3 cm³/mol. The number of aromatic hydroxyl groups is 1. The highest BCUT2D eigenvalue weighted by Crippen LogP contribution is 2.38. The van der Waals surface area contributed by atoms with Gasteiger partial charge >= 0.3 is 7.12 Å². The third-order valence-electron chi connectivity index (χ3n) is 4.21. The van der Waals surface area contributed by atoms with Crippen molar-refractivity contribution in [3.05, 3.63) is 18.0 Å². The van der Waals surface area contributed by atoms with Crippen LogP contribution in [0.5, 0.6) is 5.75 Å². The minimum absolute atomic E-state index is 0.185. The normalized spacial score (nSPS) is 21.2. The molecule has 1 N–H and O–H groups in total. The molecule has 0 unspecified atom stereocenters. The number of hydrogen-bond acceptors (Lipinski definition) is 4. The van der Waals surface area contributed by atoms with Crippen molar-refractivity contribution in [3.8, 4) is 5.75 Å². The minimum atomic E-state index is -0.506. The van der Waals surface area contributed by atoms with Gasteiger partial charge in [-0.05, 0) is 33.1 Å². The molecule has 0 spiro atoms. The van der Waals surface area contributed by atoms with Crippen molar-refractivity contribution < 1.29 is 14.4 Å². The number of nitrogens with zero attached hydrogens (tertiary/aromatic N) is 1. The molecule has 0 aliphatic carbocycles. The molecule has 0 bridgehead atoms. The van der Waals surface area contributed by atoms with Crippen LogP contribution in [0, 0.1) is 0 Å². The number of aromatic nitrogens is 1. The first-order valence-corrected chi connectivity index (χ1v) is 6.99. The van der Waals surface area contributed by atoms with E-state index in [1.165, 1.54) is 6.20 Å². The van der Waals surface area contributed by atoms with Gasteiger partial charge in [0.2, 0.25) is 0 Å². The number of hydrogen-bond donors (Lipinski definition) is 1. The quantitative estimate of drug-likeness (QED) is 0.801. The van der Waals surface area contributed by atoms with Gasteiger partial charge in [0.15, 0.2) is 0 Å². The summed E-state index contributed by atoms with van der Waals surface area (Å²) in [5.41, 5.74) is 0.602. The van der Waals surface area contributed by atoms with Crippen molar-refractivity contribution in [3.63, 3.8) is 0 Å². The summed E-state index contributed by atoms with van der Waals surface area (Å²) in [6.07, 6.45) is 3.19. The van der Waals surface area contributed by atoms with Crippen LogP contribution in [-0.4, -0.2) is 28.4 Å². The van der Waals surface area contributed by atoms with Crippen LogP contribution in [0.4, 0.5) is 0 Å². The molecule has 1 aromatic rings. The third-order valence-corrected chi connectivity index (χ3v) is 4.21. The van der Waals surface area contributed by atoms with E-state index in [0.717, 1.165) is 11.0 Å². The van der Waals surface area contributed by atoms with E-state index in [0.29, 0.717) is 0 Å². The van der Waals surface area contributed by atoms with Crippen LogP contribution in [0.2, 0.25) is 0 Å². The second-order valence-corrected chi connectivity index (χ2v) is 7.46. The van der Waals surface area contributed by atoms with Gasteiger partial charge in [0.05, 0.1) is 17.4 Å². The van der Waals surface area contributed by atoms with Crippen molar-refractivity contribution in [1.82, 2.24) is 4.98 Å². The fourth-order valence-electron chi connectivity index (χ4n) is 2.43. The maximum atomic E-state index is 10.2. The minimum Gasteiger partial charge on any atom is -0.506 e. The Morgan fingerprint density at radius 1 is 1.05 bits per heavy atom. The van der Waals surface area contributed by atoms with E-state index in [4.69, 9.17) is 9.31 Å². The molecule has 4 nitrogen and oxygen atoms in total. The molecule has 5 heteroatoms. The molecule has 1 aromatic heterocycles. The van der Waals surface area contributed by atoms with Gasteiger partial charge in [-0.3, -0.25) is 4.98 Å². The Bertz CT molecular complexity index is 504. The molecule has 0 radical (unpaired) electrons. The van der Waals surface area contributed by atoms with Gasteiger partial charge in [-0.25, -0.2) is 0 Å². The van der Waals surface area contributed by atoms with E-state index in [9.17, 15) is 5.11 Å². The maximum Gasteiger partial charge on any atom is 0.496 e. The zero-order valence-corrected chi connectivity index (χ0v) is 13.4. The number of pyridine rings is 1. The fourth-order valence-corrected chi connectivity index (χ4v) is 2.43. The summed E-state index contributed by atoms with van der Waals surface area (Å²) >= 11 is 0. The van der Waals surface area contributed by atoms with Crippen molar-refractivity contribution in [2.24, 2.45) is 0 Å². The first kappa shape index (κ1) is 15.3. The van der Waals surface area contributed by atoms with Gasteiger partial charge in [-0.15, -0.1) is 0 Å². The van der Waals surface area contributed by atoms with Crippen LogP contribution >= 0.6 is 0 Å². The highest BCUT2D eigenvalue weighted by atomic mass is 16.7. The topological polar surface area (TPSA) is 51.6 Å². The lowest BCUT2D eigenvalue weighted by molar-refractivity contribution is 0.00578. The van der Waals surface area contributed by atoms with Crippen molar-refractivity contribution in [2.75, 3.05) is 0 Å². The summed E-state index contributed by atoms with van der Waals surface area (Å²) in [5, 5.41) is 10.2. The zero-order chi connectivity index (χ0) is 15.3. The summed E-state index contributed by atoms with van der Waals surface area (Å²) in [4.78, 5) is 4.09. The maximum absolute atomic E-state index is 10.2. The highest BCUT2D eigenvalue weighted by molar-refractivity contribution is 6.62. The Morgan fingerprint density at radius 3 is 2.00 bits per heavy atom. The van der Waals surface area contributed by atoms with Crippen LogP contribution in [0.3, 0.4) is 0 Å². The second kappa shape index (κ2) is 4.47. The lowest BCUT2D eigenvalue weighted by Gasteiger charge is -2.32. The molecule has 0 aromatic carbocycles. The SMILES string of the molecule is CC(C)(C)c1c(O)cncc1B1OC(C)(C)C(C)(C)O1. The van der Waals surface area contributed by atoms with Crippen LogP contribution < -0.4 is 5.46 Å². The molecular formula is C15H24BNO3. The molecule has 0 saturated carbocycles. The van der Waals surface area contributed by atoms with Gasteiger partial charge in [0, 0.05) is 17.2 Å². The first-order valence-electron chi connectivity index (χ1n) is 6.99. The van der Waals surface area contributed by atoms with E-state index in [1.54, 1.807) is 6.20 Å². The summed E-state index contributed by atoms with van der Waals surface area (Å²) < 4.78 is 12.1. The van der Waals surface area contributed by atoms with E-state index >= 15 is 0 Å². The average molecular weight is 277 g/mol. The molecular weight excluding hydrogens is 253 g/mol. The summed E-state index contributed by atoms with van der Waals surface area (Å²) in [7, 11) is -0.506. The fraction of sp³-hybridized carbons (Fsp3) is 0.667. The van der Waals surface area contributed by atoms with Crippen LogP contribution in [0.15, 0.2) is 12.4 Å². The molecule has 2 heterocycles. The van der Waals surface area contributed by atoms with Crippen LogP contribution in [-0.2, 0) is 14.7 Å². The van der Waals surface area contributed by atoms with E-state index in [-0.39, 0.29) is 11.2 Å². The van der Waals surface area contributed by atoms with Gasteiger partial charge in [-0.1, -0.05) is 20.8 Å². The van der Waals surface area contributed by atoms with Crippen LogP contribution in [0.25, 0.3) is 0 Å². The second-order valence-electron chi connectivity index (χ2n) is 7.46. The first-order chi connectivity index (χ1) is 8.96. The highest BCUT2D eigenvalue weighted by Gasteiger charge is 2.53. The van der Waals surface area contributed by atoms with Crippen LogP contribution in [0.1, 0.15) is 54.0 Å². The summed E-state index contributed by atoms with van der Waals surface area (Å²) in [6.45, 7) is 14.2. The third kappa shape index (κ3) is 2.45. The van der Waals surface area contributed by atoms with Crippen molar-refractivity contribution in [1.29, 1.82) is 0 Å². The summed E-state index contributed by atoms with van der Waals surface area (Å²) in [5.74, 6) is 0.185. The largest absolute Gasteiger partial charge is 0.506 e. The number of rotatable bonds is 1. The molecule has 1 aliphatic rings. The van der Waals surface area contributed by atoms with Crippen molar-refractivity contribution in [2.45, 2.75) is 65.1 Å².